The van der Waals surface area contributed by atoms with Crippen LogP contribution in [0.25, 0.3) is 0 Å². The number of amides is 1. The van der Waals surface area contributed by atoms with Crippen LogP contribution in [0.15, 0.2) is 48.5 Å². The van der Waals surface area contributed by atoms with E-state index in [0.29, 0.717) is 0 Å². The molecule has 0 bridgehead atoms. The number of nitrogens with zero attached hydrogens (tertiary/aromatic N) is 2. The van der Waals surface area contributed by atoms with Gasteiger partial charge in [-0.25, -0.2) is 0 Å². The minimum atomic E-state index is -0.0189. The number of carbonyl (C=O) groups is 1. The van der Waals surface area contributed by atoms with Crippen molar-refractivity contribution < 1.29 is 9.69 Å². The Morgan fingerprint density at radius 2 is 1.65 bits per heavy atom. The molecule has 0 unspecified atom stereocenters. The molecule has 2 heterocycles. The van der Waals surface area contributed by atoms with Gasteiger partial charge < -0.3 is 14.7 Å². The van der Waals surface area contributed by atoms with E-state index in [4.69, 9.17) is 11.6 Å². The largest absolute Gasteiger partial charge is 0.359 e. The SMILES string of the molecule is C[C@@H](C(=O)N1CCc2ccccc21)[NH+]1CCN(c2ccccc2Cl)CC1. The van der Waals surface area contributed by atoms with Crippen LogP contribution in [0.5, 0.6) is 0 Å². The molecule has 2 aromatic rings. The van der Waals surface area contributed by atoms with Crippen LogP contribution in [-0.4, -0.2) is 44.7 Å². The Morgan fingerprint density at radius 3 is 2.38 bits per heavy atom. The van der Waals surface area contributed by atoms with E-state index < -0.39 is 0 Å². The molecule has 0 aliphatic carbocycles. The molecule has 2 aromatic carbocycles. The summed E-state index contributed by atoms with van der Waals surface area (Å²) < 4.78 is 0. The summed E-state index contributed by atoms with van der Waals surface area (Å²) in [5, 5.41) is 0.800. The Labute approximate surface area is 160 Å². The highest BCUT2D eigenvalue weighted by Crippen LogP contribution is 2.28. The number of halogens is 1. The third-order valence-electron chi connectivity index (χ3n) is 5.73. The van der Waals surface area contributed by atoms with Crippen LogP contribution in [-0.2, 0) is 11.2 Å². The quantitative estimate of drug-likeness (QED) is 0.895. The number of anilines is 2. The number of rotatable bonds is 3. The number of nitrogens with one attached hydrogen (secondary N) is 1. The Morgan fingerprint density at radius 1 is 1.00 bits per heavy atom. The fourth-order valence-electron chi connectivity index (χ4n) is 4.15. The molecular weight excluding hydrogens is 346 g/mol. The first kappa shape index (κ1) is 17.4. The van der Waals surface area contributed by atoms with E-state index in [9.17, 15) is 4.79 Å². The van der Waals surface area contributed by atoms with Gasteiger partial charge in [-0.05, 0) is 37.1 Å². The highest BCUT2D eigenvalue weighted by Gasteiger charge is 2.35. The molecule has 4 rings (SSSR count). The van der Waals surface area contributed by atoms with Gasteiger partial charge in [0.2, 0.25) is 0 Å². The lowest BCUT2D eigenvalue weighted by atomic mass is 10.1. The summed E-state index contributed by atoms with van der Waals surface area (Å²) >= 11 is 6.33. The lowest BCUT2D eigenvalue weighted by Gasteiger charge is -2.37. The minimum absolute atomic E-state index is 0.0189. The van der Waals surface area contributed by atoms with Gasteiger partial charge in [-0.2, -0.15) is 0 Å². The Bertz CT molecular complexity index is 801. The zero-order valence-corrected chi connectivity index (χ0v) is 15.9. The minimum Gasteiger partial charge on any atom is -0.359 e. The molecule has 2 aliphatic rings. The fourth-order valence-corrected chi connectivity index (χ4v) is 4.41. The van der Waals surface area contributed by atoms with Gasteiger partial charge in [0.1, 0.15) is 0 Å². The van der Waals surface area contributed by atoms with E-state index in [-0.39, 0.29) is 11.9 Å². The average Bonchev–Trinajstić information content (AvgIpc) is 3.11. The van der Waals surface area contributed by atoms with Gasteiger partial charge in [-0.15, -0.1) is 0 Å². The summed E-state index contributed by atoms with van der Waals surface area (Å²) in [4.78, 5) is 18.8. The molecule has 0 spiro atoms. The molecule has 1 atom stereocenters. The molecule has 1 amide bonds. The number of carbonyl (C=O) groups excluding carboxylic acids is 1. The van der Waals surface area contributed by atoms with Crippen LogP contribution < -0.4 is 14.7 Å². The number of piperazine rings is 1. The van der Waals surface area contributed by atoms with Gasteiger partial charge in [0.15, 0.2) is 6.04 Å². The van der Waals surface area contributed by atoms with E-state index in [1.165, 1.54) is 10.5 Å². The summed E-state index contributed by atoms with van der Waals surface area (Å²) in [6.45, 7) is 6.63. The van der Waals surface area contributed by atoms with E-state index in [2.05, 4.69) is 36.1 Å². The van der Waals surface area contributed by atoms with Crippen molar-refractivity contribution in [2.45, 2.75) is 19.4 Å². The third-order valence-corrected chi connectivity index (χ3v) is 6.05. The Balaban J connectivity index is 1.40. The number of benzene rings is 2. The summed E-state index contributed by atoms with van der Waals surface area (Å²) in [5.41, 5.74) is 3.48. The van der Waals surface area contributed by atoms with Crippen molar-refractivity contribution in [3.05, 3.63) is 59.1 Å². The second-order valence-corrected chi connectivity index (χ2v) is 7.59. The topological polar surface area (TPSA) is 28.0 Å². The first-order chi connectivity index (χ1) is 12.6. The number of hydrogen-bond acceptors (Lipinski definition) is 2. The van der Waals surface area contributed by atoms with Crippen molar-refractivity contribution >= 4 is 28.9 Å². The molecule has 1 N–H and O–H groups in total. The van der Waals surface area contributed by atoms with Gasteiger partial charge in [0.05, 0.1) is 36.9 Å². The summed E-state index contributed by atoms with van der Waals surface area (Å²) in [7, 11) is 0. The molecule has 0 aromatic heterocycles. The zero-order chi connectivity index (χ0) is 18.1. The van der Waals surface area contributed by atoms with Crippen molar-refractivity contribution in [1.82, 2.24) is 0 Å². The first-order valence-electron chi connectivity index (χ1n) is 9.38. The fraction of sp³-hybridized carbons (Fsp3) is 0.381. The van der Waals surface area contributed by atoms with Crippen molar-refractivity contribution in [3.8, 4) is 0 Å². The molecule has 1 saturated heterocycles. The van der Waals surface area contributed by atoms with Crippen molar-refractivity contribution in [1.29, 1.82) is 0 Å². The molecule has 0 radical (unpaired) electrons. The van der Waals surface area contributed by atoms with Crippen LogP contribution >= 0.6 is 11.6 Å². The van der Waals surface area contributed by atoms with Crippen LogP contribution in [0.2, 0.25) is 5.02 Å². The third kappa shape index (κ3) is 3.19. The lowest BCUT2D eigenvalue weighted by molar-refractivity contribution is -0.914. The Hall–Kier alpha value is -2.04. The maximum atomic E-state index is 13.1. The van der Waals surface area contributed by atoms with Crippen LogP contribution in [0.3, 0.4) is 0 Å². The molecule has 1 fully saturated rings. The molecule has 4 nitrogen and oxygen atoms in total. The van der Waals surface area contributed by atoms with Crippen molar-refractivity contribution in [2.24, 2.45) is 0 Å². The standard InChI is InChI=1S/C21H24ClN3O/c1-16(21(26)25-11-10-17-6-2-4-8-19(17)25)23-12-14-24(15-13-23)20-9-5-3-7-18(20)22/h2-9,16H,10-15H2,1H3/p+1/t16-/m0/s1. The van der Waals surface area contributed by atoms with Crippen molar-refractivity contribution in [3.63, 3.8) is 0 Å². The van der Waals surface area contributed by atoms with Gasteiger partial charge >= 0.3 is 0 Å². The molecule has 26 heavy (non-hydrogen) atoms. The van der Waals surface area contributed by atoms with Crippen LogP contribution in [0, 0.1) is 0 Å². The van der Waals surface area contributed by atoms with E-state index in [1.807, 2.05) is 29.2 Å². The maximum Gasteiger partial charge on any atom is 0.284 e. The second-order valence-electron chi connectivity index (χ2n) is 7.19. The van der Waals surface area contributed by atoms with Gasteiger partial charge in [-0.1, -0.05) is 41.9 Å². The normalized spacial score (nSPS) is 18.7. The van der Waals surface area contributed by atoms with E-state index >= 15 is 0 Å². The molecule has 5 heteroatoms. The molecule has 136 valence electrons. The van der Waals surface area contributed by atoms with E-state index in [1.54, 1.807) is 0 Å². The predicted octanol–water partition coefficient (Wildman–Crippen LogP) is 2.02. The van der Waals surface area contributed by atoms with E-state index in [0.717, 1.165) is 55.5 Å². The summed E-state index contributed by atoms with van der Waals surface area (Å²) in [5.74, 6) is 0.246. The smallest absolute Gasteiger partial charge is 0.284 e. The lowest BCUT2D eigenvalue weighted by Crippen LogP contribution is -3.19. The van der Waals surface area contributed by atoms with Crippen LogP contribution in [0.4, 0.5) is 11.4 Å². The zero-order valence-electron chi connectivity index (χ0n) is 15.1. The number of para-hydroxylation sites is 2. The second kappa shape index (κ2) is 7.29. The number of fused-ring (bicyclic) bond motifs is 1. The van der Waals surface area contributed by atoms with Crippen LogP contribution in [0.1, 0.15) is 12.5 Å². The van der Waals surface area contributed by atoms with Crippen molar-refractivity contribution in [2.75, 3.05) is 42.5 Å². The molecular formula is C21H25ClN3O+. The highest BCUT2D eigenvalue weighted by molar-refractivity contribution is 6.33. The first-order valence-corrected chi connectivity index (χ1v) is 9.76. The highest BCUT2D eigenvalue weighted by atomic mass is 35.5. The molecule has 0 saturated carbocycles. The summed E-state index contributed by atoms with van der Waals surface area (Å²) in [6.07, 6.45) is 0.963. The Kier molecular flexibility index (Phi) is 4.88. The maximum absolute atomic E-state index is 13.1. The monoisotopic (exact) mass is 370 g/mol. The average molecular weight is 371 g/mol. The number of quaternary nitrogens is 1. The number of hydrogen-bond donors (Lipinski definition) is 1. The van der Waals surface area contributed by atoms with Gasteiger partial charge in [0, 0.05) is 12.2 Å². The van der Waals surface area contributed by atoms with Gasteiger partial charge in [-0.3, -0.25) is 4.79 Å². The predicted molar refractivity (Wildman–Crippen MR) is 106 cm³/mol. The molecule has 2 aliphatic heterocycles. The summed E-state index contributed by atoms with van der Waals surface area (Å²) in [6, 6.07) is 16.2. The van der Waals surface area contributed by atoms with Gasteiger partial charge in [0.25, 0.3) is 5.91 Å².